The topological polar surface area (TPSA) is 80.7 Å². The maximum Gasteiger partial charge on any atom is 0.306 e. The minimum absolute atomic E-state index is 0.0193. The zero-order chi connectivity index (χ0) is 21.0. The summed E-state index contributed by atoms with van der Waals surface area (Å²) in [5.41, 5.74) is 1.17. The van der Waals surface area contributed by atoms with E-state index < -0.39 is 5.97 Å². The van der Waals surface area contributed by atoms with Crippen LogP contribution in [0.3, 0.4) is 0 Å². The number of carbonyl (C=O) groups is 3. The molecule has 4 aliphatic carbocycles. The highest BCUT2D eigenvalue weighted by Gasteiger charge is 2.60. The van der Waals surface area contributed by atoms with Crippen LogP contribution < -0.4 is 0 Å². The molecule has 4 aliphatic rings. The summed E-state index contributed by atoms with van der Waals surface area (Å²) in [6, 6.07) is 0. The first-order valence-corrected chi connectivity index (χ1v) is 11.4. The fourth-order valence-electron chi connectivity index (χ4n) is 7.22. The lowest BCUT2D eigenvalue weighted by molar-refractivity contribution is -0.161. The highest BCUT2D eigenvalue weighted by Crippen LogP contribution is 2.66. The first-order valence-electron chi connectivity index (χ1n) is 11.0. The van der Waals surface area contributed by atoms with Crippen molar-refractivity contribution in [1.82, 2.24) is 0 Å². The Morgan fingerprint density at radius 3 is 2.55 bits per heavy atom. The summed E-state index contributed by atoms with van der Waals surface area (Å²) in [4.78, 5) is 35.1. The zero-order valence-electron chi connectivity index (χ0n) is 17.3. The van der Waals surface area contributed by atoms with E-state index in [1.54, 1.807) is 0 Å². The number of rotatable bonds is 4. The van der Waals surface area contributed by atoms with Gasteiger partial charge >= 0.3 is 11.9 Å². The molecule has 1 N–H and O–H groups in total. The second kappa shape index (κ2) is 7.40. The van der Waals surface area contributed by atoms with Crippen LogP contribution >= 0.6 is 11.6 Å². The second-order valence-electron chi connectivity index (χ2n) is 10.0. The number of esters is 1. The second-order valence-corrected chi connectivity index (χ2v) is 10.4. The predicted molar refractivity (Wildman–Crippen MR) is 108 cm³/mol. The number of carbonyl (C=O) groups excluding carboxylic acids is 2. The Morgan fingerprint density at radius 2 is 1.83 bits per heavy atom. The highest BCUT2D eigenvalue weighted by atomic mass is 35.5. The van der Waals surface area contributed by atoms with Crippen LogP contribution in [0.2, 0.25) is 0 Å². The van der Waals surface area contributed by atoms with Gasteiger partial charge in [-0.05, 0) is 73.7 Å². The molecule has 0 amide bonds. The number of allylic oxidation sites excluding steroid dienone is 1. The van der Waals surface area contributed by atoms with Crippen LogP contribution in [0.15, 0.2) is 10.6 Å². The minimum atomic E-state index is -0.970. The molecule has 5 nitrogen and oxygen atoms in total. The normalized spacial score (nSPS) is 41.4. The summed E-state index contributed by atoms with van der Waals surface area (Å²) < 4.78 is 5.80. The maximum atomic E-state index is 12.2. The fraction of sp³-hybridized carbons (Fsp3) is 0.783. The van der Waals surface area contributed by atoms with Gasteiger partial charge in [0, 0.05) is 11.8 Å². The number of aliphatic carboxylic acids is 1. The van der Waals surface area contributed by atoms with Crippen LogP contribution in [0.25, 0.3) is 0 Å². The summed E-state index contributed by atoms with van der Waals surface area (Å²) in [5, 5.41) is 9.30. The number of fused-ring (bicyclic) bond motifs is 5. The van der Waals surface area contributed by atoms with Crippen molar-refractivity contribution in [2.24, 2.45) is 28.6 Å². The van der Waals surface area contributed by atoms with Crippen LogP contribution in [0, 0.1) is 28.6 Å². The molecule has 4 rings (SSSR count). The third-order valence-corrected chi connectivity index (χ3v) is 9.22. The van der Waals surface area contributed by atoms with Gasteiger partial charge in [0.05, 0.1) is 17.9 Å². The Balaban J connectivity index is 1.52. The van der Waals surface area contributed by atoms with E-state index in [4.69, 9.17) is 21.4 Å². The molecule has 3 saturated carbocycles. The summed E-state index contributed by atoms with van der Waals surface area (Å²) in [5.74, 6) is 0.359. The van der Waals surface area contributed by atoms with Crippen LogP contribution in [0.1, 0.15) is 78.1 Å². The van der Waals surface area contributed by atoms with Crippen molar-refractivity contribution in [3.8, 4) is 0 Å². The van der Waals surface area contributed by atoms with E-state index >= 15 is 0 Å². The molecule has 0 spiro atoms. The number of halogens is 1. The monoisotopic (exact) mass is 422 g/mol. The van der Waals surface area contributed by atoms with E-state index in [0.29, 0.717) is 29.2 Å². The Labute approximate surface area is 177 Å². The number of hydrogen-bond acceptors (Lipinski definition) is 4. The molecule has 0 aliphatic heterocycles. The lowest BCUT2D eigenvalue weighted by Gasteiger charge is -2.58. The van der Waals surface area contributed by atoms with Crippen molar-refractivity contribution in [3.63, 3.8) is 0 Å². The smallest absolute Gasteiger partial charge is 0.306 e. The van der Waals surface area contributed by atoms with Gasteiger partial charge in [-0.3, -0.25) is 14.4 Å². The average molecular weight is 423 g/mol. The number of ketones is 1. The molecule has 29 heavy (non-hydrogen) atoms. The Kier molecular flexibility index (Phi) is 5.33. The number of Topliss-reactive ketones (excluding diaryl/α,β-unsaturated/α-hetero) is 1. The van der Waals surface area contributed by atoms with Crippen LogP contribution in [-0.2, 0) is 19.1 Å². The molecule has 0 saturated heterocycles. The zero-order valence-corrected chi connectivity index (χ0v) is 18.1. The summed E-state index contributed by atoms with van der Waals surface area (Å²) in [6.45, 7) is 4.58. The van der Waals surface area contributed by atoms with Crippen molar-refractivity contribution in [1.29, 1.82) is 0 Å². The standard InChI is InChI=1S/C23H31ClO5/c1-22-12-10-17(25)21(24)16(22)4-3-13-14-5-6-18(23(14,2)11-9-15(13)22)29-20(28)8-7-19(26)27/h13-15,18H,3-12H2,1-2H3,(H,26,27)/t13-,14-,15-,18-,22+,23-/m0/s1. The van der Waals surface area contributed by atoms with Gasteiger partial charge in [-0.25, -0.2) is 0 Å². The van der Waals surface area contributed by atoms with Gasteiger partial charge in [-0.2, -0.15) is 0 Å². The summed E-state index contributed by atoms with van der Waals surface area (Å²) in [7, 11) is 0. The number of carboxylic acid groups (broad SMARTS) is 1. The van der Waals surface area contributed by atoms with Crippen molar-refractivity contribution >= 4 is 29.3 Å². The molecule has 0 aromatic carbocycles. The summed E-state index contributed by atoms with van der Waals surface area (Å²) in [6.07, 6.45) is 7.04. The Bertz CT molecular complexity index is 773. The molecule has 0 unspecified atom stereocenters. The van der Waals surface area contributed by atoms with Gasteiger partial charge in [-0.15, -0.1) is 0 Å². The SMILES string of the molecule is C[C@]12CC[C@H]3[C@@H](CCC4=C(Cl)C(=O)CC[C@@]43C)[C@@H]1CC[C@@H]2OC(=O)CCC(=O)O. The van der Waals surface area contributed by atoms with E-state index in [2.05, 4.69) is 13.8 Å². The molecular formula is C23H31ClO5. The largest absolute Gasteiger partial charge is 0.481 e. The molecule has 0 aromatic heterocycles. The van der Waals surface area contributed by atoms with E-state index in [9.17, 15) is 14.4 Å². The molecule has 160 valence electrons. The Hall–Kier alpha value is -1.36. The van der Waals surface area contributed by atoms with E-state index in [0.717, 1.165) is 44.9 Å². The fourth-order valence-corrected chi connectivity index (χ4v) is 7.63. The van der Waals surface area contributed by atoms with Gasteiger partial charge < -0.3 is 9.84 Å². The molecule has 6 atom stereocenters. The van der Waals surface area contributed by atoms with Crippen LogP contribution in [0.5, 0.6) is 0 Å². The first kappa shape index (κ1) is 20.9. The number of ether oxygens (including phenoxy) is 1. The number of carboxylic acids is 1. The first-order chi connectivity index (χ1) is 13.7. The molecule has 3 fully saturated rings. The van der Waals surface area contributed by atoms with Crippen LogP contribution in [0.4, 0.5) is 0 Å². The molecular weight excluding hydrogens is 392 g/mol. The third-order valence-electron chi connectivity index (χ3n) is 8.78. The van der Waals surface area contributed by atoms with E-state index in [1.807, 2.05) is 0 Å². The van der Waals surface area contributed by atoms with Gasteiger partial charge in [0.1, 0.15) is 6.10 Å². The molecule has 0 bridgehead atoms. The van der Waals surface area contributed by atoms with Crippen LogP contribution in [-0.4, -0.2) is 28.9 Å². The number of hydrogen-bond donors (Lipinski definition) is 1. The van der Waals surface area contributed by atoms with Crippen molar-refractivity contribution < 1.29 is 24.2 Å². The van der Waals surface area contributed by atoms with Gasteiger partial charge in [0.2, 0.25) is 0 Å². The van der Waals surface area contributed by atoms with E-state index in [-0.39, 0.29) is 41.5 Å². The molecule has 0 heterocycles. The van der Waals surface area contributed by atoms with Crippen molar-refractivity contribution in [3.05, 3.63) is 10.6 Å². The molecule has 0 radical (unpaired) electrons. The van der Waals surface area contributed by atoms with E-state index in [1.165, 1.54) is 5.57 Å². The summed E-state index contributed by atoms with van der Waals surface area (Å²) >= 11 is 6.46. The van der Waals surface area contributed by atoms with Gasteiger partial charge in [0.15, 0.2) is 5.78 Å². The van der Waals surface area contributed by atoms with Crippen molar-refractivity contribution in [2.75, 3.05) is 0 Å². The molecule has 6 heteroatoms. The van der Waals surface area contributed by atoms with Crippen molar-refractivity contribution in [2.45, 2.75) is 84.2 Å². The van der Waals surface area contributed by atoms with Gasteiger partial charge in [0.25, 0.3) is 0 Å². The predicted octanol–water partition coefficient (Wildman–Crippen LogP) is 4.86. The quantitative estimate of drug-likeness (QED) is 0.654. The maximum absolute atomic E-state index is 12.2. The lowest BCUT2D eigenvalue weighted by Crippen LogP contribution is -2.52. The Morgan fingerprint density at radius 1 is 1.07 bits per heavy atom. The highest BCUT2D eigenvalue weighted by molar-refractivity contribution is 6.43. The third kappa shape index (κ3) is 3.34. The lowest BCUT2D eigenvalue weighted by atomic mass is 9.47. The minimum Gasteiger partial charge on any atom is -0.481 e. The van der Waals surface area contributed by atoms with Gasteiger partial charge in [-0.1, -0.05) is 25.4 Å². The molecule has 0 aromatic rings. The average Bonchev–Trinajstić information content (AvgIpc) is 3.00.